The predicted octanol–water partition coefficient (Wildman–Crippen LogP) is 2.60. The van der Waals surface area contributed by atoms with Gasteiger partial charge in [-0.15, -0.1) is 11.3 Å². The molecule has 0 bridgehead atoms. The van der Waals surface area contributed by atoms with Gasteiger partial charge in [0, 0.05) is 23.0 Å². The predicted molar refractivity (Wildman–Crippen MR) is 79.9 cm³/mol. The Morgan fingerprint density at radius 1 is 1.50 bits per heavy atom. The molecule has 5 nitrogen and oxygen atoms in total. The molecular weight excluding hydrogens is 276 g/mol. The van der Waals surface area contributed by atoms with Crippen molar-refractivity contribution in [1.82, 2.24) is 10.3 Å². The van der Waals surface area contributed by atoms with E-state index in [1.807, 2.05) is 27.7 Å². The van der Waals surface area contributed by atoms with E-state index in [0.29, 0.717) is 13.0 Å². The molecule has 0 aromatic carbocycles. The highest BCUT2D eigenvalue weighted by molar-refractivity contribution is 7.09. The van der Waals surface area contributed by atoms with Crippen molar-refractivity contribution in [2.75, 3.05) is 13.2 Å². The summed E-state index contributed by atoms with van der Waals surface area (Å²) in [5, 5.41) is 12.5. The molecule has 2 N–H and O–H groups in total. The number of carbonyl (C=O) groups excluding carboxylic acids is 1. The zero-order valence-corrected chi connectivity index (χ0v) is 13.4. The molecule has 1 rings (SSSR count). The smallest absolute Gasteiger partial charge is 0.407 e. The highest BCUT2D eigenvalue weighted by atomic mass is 32.1. The van der Waals surface area contributed by atoms with E-state index in [2.05, 4.69) is 10.3 Å². The third-order valence-corrected chi connectivity index (χ3v) is 3.90. The average molecular weight is 300 g/mol. The van der Waals surface area contributed by atoms with Crippen molar-refractivity contribution in [3.05, 3.63) is 16.6 Å². The van der Waals surface area contributed by atoms with Crippen LogP contribution in [0.3, 0.4) is 0 Å². The number of ether oxygens (including phenoxy) is 1. The third-order valence-electron chi connectivity index (χ3n) is 3.12. The van der Waals surface area contributed by atoms with Gasteiger partial charge in [-0.1, -0.05) is 6.92 Å². The molecule has 1 atom stereocenters. The zero-order chi connectivity index (χ0) is 15.2. The Labute approximate surface area is 124 Å². The number of hydrogen-bond donors (Lipinski definition) is 2. The summed E-state index contributed by atoms with van der Waals surface area (Å²) in [6.45, 7) is 7.87. The summed E-state index contributed by atoms with van der Waals surface area (Å²) in [5.74, 6) is 0. The van der Waals surface area contributed by atoms with E-state index in [9.17, 15) is 9.90 Å². The molecule has 20 heavy (non-hydrogen) atoms. The molecule has 1 aromatic rings. The number of rotatable bonds is 6. The highest BCUT2D eigenvalue weighted by Gasteiger charge is 2.30. The van der Waals surface area contributed by atoms with E-state index in [1.54, 1.807) is 23.0 Å². The van der Waals surface area contributed by atoms with E-state index in [0.717, 1.165) is 11.3 Å². The van der Waals surface area contributed by atoms with Crippen LogP contribution < -0.4 is 5.32 Å². The van der Waals surface area contributed by atoms with Crippen molar-refractivity contribution >= 4 is 17.4 Å². The number of aliphatic hydroxyl groups is 1. The summed E-state index contributed by atoms with van der Waals surface area (Å²) >= 11 is 1.56. The molecule has 1 unspecified atom stereocenters. The van der Waals surface area contributed by atoms with Gasteiger partial charge in [-0.05, 0) is 33.6 Å². The van der Waals surface area contributed by atoms with Crippen molar-refractivity contribution < 1.29 is 14.6 Å². The molecule has 0 saturated carbocycles. The largest absolute Gasteiger partial charge is 0.444 e. The lowest BCUT2D eigenvalue weighted by Crippen LogP contribution is -2.43. The van der Waals surface area contributed by atoms with Gasteiger partial charge < -0.3 is 15.2 Å². The molecule has 0 radical (unpaired) electrons. The van der Waals surface area contributed by atoms with Crippen LogP contribution >= 0.6 is 11.3 Å². The van der Waals surface area contributed by atoms with Gasteiger partial charge in [-0.3, -0.25) is 4.98 Å². The first-order valence-electron chi connectivity index (χ1n) is 6.75. The summed E-state index contributed by atoms with van der Waals surface area (Å²) in [4.78, 5) is 16.9. The fourth-order valence-corrected chi connectivity index (χ4v) is 2.58. The summed E-state index contributed by atoms with van der Waals surface area (Å²) in [7, 11) is 0. The molecular formula is C14H24N2O3S. The molecule has 1 amide bonds. The Bertz CT molecular complexity index is 409. The maximum Gasteiger partial charge on any atom is 0.407 e. The van der Waals surface area contributed by atoms with E-state index >= 15 is 0 Å². The van der Waals surface area contributed by atoms with Crippen LogP contribution in [-0.4, -0.2) is 34.9 Å². The summed E-state index contributed by atoms with van der Waals surface area (Å²) < 4.78 is 5.22. The van der Waals surface area contributed by atoms with Gasteiger partial charge in [-0.2, -0.15) is 0 Å². The molecule has 114 valence electrons. The third kappa shape index (κ3) is 5.46. The number of nitrogens with zero attached hydrogens (tertiary/aromatic N) is 1. The fourth-order valence-electron chi connectivity index (χ4n) is 1.81. The first-order chi connectivity index (χ1) is 9.30. The van der Waals surface area contributed by atoms with Gasteiger partial charge in [0.25, 0.3) is 0 Å². The SMILES string of the molecule is CCC(CO)(CNC(=O)OC(C)(C)C)Cc1cncs1. The number of aromatic nitrogens is 1. The first kappa shape index (κ1) is 16.9. The number of thiazole rings is 1. The topological polar surface area (TPSA) is 71.5 Å². The molecule has 1 heterocycles. The van der Waals surface area contributed by atoms with Crippen molar-refractivity contribution in [3.8, 4) is 0 Å². The summed E-state index contributed by atoms with van der Waals surface area (Å²) in [6.07, 6.45) is 2.81. The van der Waals surface area contributed by atoms with Crippen molar-refractivity contribution in [1.29, 1.82) is 0 Å². The van der Waals surface area contributed by atoms with Crippen LogP contribution in [0.1, 0.15) is 39.0 Å². The Hall–Kier alpha value is -1.14. The number of amides is 1. The molecule has 0 aliphatic rings. The number of carbonyl (C=O) groups is 1. The van der Waals surface area contributed by atoms with Crippen LogP contribution in [0.4, 0.5) is 4.79 Å². The monoisotopic (exact) mass is 300 g/mol. The van der Waals surface area contributed by atoms with Crippen LogP contribution in [0.2, 0.25) is 0 Å². The second-order valence-electron chi connectivity index (χ2n) is 6.01. The quantitative estimate of drug-likeness (QED) is 0.847. The number of alkyl carbamates (subject to hydrolysis) is 1. The zero-order valence-electron chi connectivity index (χ0n) is 12.6. The van der Waals surface area contributed by atoms with Gasteiger partial charge in [-0.25, -0.2) is 4.79 Å². The standard InChI is InChI=1S/C14H24N2O3S/c1-5-14(9-17,6-11-7-15-10-20-11)8-16-12(18)19-13(2,3)4/h7,10,17H,5-6,8-9H2,1-4H3,(H,16,18). The van der Waals surface area contributed by atoms with Crippen molar-refractivity contribution in [2.45, 2.75) is 46.1 Å². The van der Waals surface area contributed by atoms with E-state index in [1.165, 1.54) is 0 Å². The van der Waals surface area contributed by atoms with Gasteiger partial charge in [0.1, 0.15) is 5.60 Å². The molecule has 6 heteroatoms. The maximum atomic E-state index is 11.7. The Kier molecular flexibility index (Phi) is 5.95. The van der Waals surface area contributed by atoms with Gasteiger partial charge in [0.2, 0.25) is 0 Å². The van der Waals surface area contributed by atoms with E-state index in [4.69, 9.17) is 4.74 Å². The van der Waals surface area contributed by atoms with Gasteiger partial charge in [0.15, 0.2) is 0 Å². The molecule has 0 saturated heterocycles. The second-order valence-corrected chi connectivity index (χ2v) is 6.98. The minimum atomic E-state index is -0.518. The molecule has 0 fully saturated rings. The van der Waals surface area contributed by atoms with Crippen LogP contribution in [-0.2, 0) is 11.2 Å². The minimum Gasteiger partial charge on any atom is -0.444 e. The van der Waals surface area contributed by atoms with Gasteiger partial charge >= 0.3 is 6.09 Å². The Morgan fingerprint density at radius 3 is 2.65 bits per heavy atom. The lowest BCUT2D eigenvalue weighted by atomic mass is 9.82. The minimum absolute atomic E-state index is 0.0111. The van der Waals surface area contributed by atoms with Gasteiger partial charge in [0.05, 0.1) is 12.1 Å². The van der Waals surface area contributed by atoms with Crippen molar-refractivity contribution in [3.63, 3.8) is 0 Å². The van der Waals surface area contributed by atoms with Crippen molar-refractivity contribution in [2.24, 2.45) is 5.41 Å². The summed E-state index contributed by atoms with van der Waals surface area (Å²) in [6, 6.07) is 0. The van der Waals surface area contributed by atoms with E-state index in [-0.39, 0.29) is 12.0 Å². The lowest BCUT2D eigenvalue weighted by Gasteiger charge is -2.31. The molecule has 1 aromatic heterocycles. The van der Waals surface area contributed by atoms with Crippen LogP contribution in [0.5, 0.6) is 0 Å². The molecule has 0 aliphatic carbocycles. The van der Waals surface area contributed by atoms with Crippen LogP contribution in [0, 0.1) is 5.41 Å². The first-order valence-corrected chi connectivity index (χ1v) is 7.63. The average Bonchev–Trinajstić information content (AvgIpc) is 2.85. The van der Waals surface area contributed by atoms with Crippen LogP contribution in [0.25, 0.3) is 0 Å². The Balaban J connectivity index is 2.60. The number of nitrogens with one attached hydrogen (secondary N) is 1. The number of hydrogen-bond acceptors (Lipinski definition) is 5. The fraction of sp³-hybridized carbons (Fsp3) is 0.714. The summed E-state index contributed by atoms with van der Waals surface area (Å²) in [5.41, 5.74) is 0.883. The lowest BCUT2D eigenvalue weighted by molar-refractivity contribution is 0.0462. The number of aliphatic hydroxyl groups excluding tert-OH is 1. The normalized spacial score (nSPS) is 14.7. The second kappa shape index (κ2) is 7.04. The maximum absolute atomic E-state index is 11.7. The molecule has 0 spiro atoms. The van der Waals surface area contributed by atoms with E-state index < -0.39 is 11.7 Å². The van der Waals surface area contributed by atoms with Crippen LogP contribution in [0.15, 0.2) is 11.7 Å². The Morgan fingerprint density at radius 2 is 2.20 bits per heavy atom. The highest BCUT2D eigenvalue weighted by Crippen LogP contribution is 2.27. The molecule has 0 aliphatic heterocycles.